The van der Waals surface area contributed by atoms with E-state index in [0.717, 1.165) is 10.4 Å². The number of rotatable bonds is 10. The van der Waals surface area contributed by atoms with E-state index in [2.05, 4.69) is 20.3 Å². The quantitative estimate of drug-likeness (QED) is 0.279. The number of aromatic nitrogens is 3. The summed E-state index contributed by atoms with van der Waals surface area (Å²) in [6, 6.07) is 12.3. The van der Waals surface area contributed by atoms with Crippen LogP contribution in [0.3, 0.4) is 0 Å². The Kier molecular flexibility index (Phi) is 8.70. The highest BCUT2D eigenvalue weighted by atomic mass is 32.2. The lowest BCUT2D eigenvalue weighted by atomic mass is 10.1. The monoisotopic (exact) mass is 552 g/mol. The fourth-order valence-electron chi connectivity index (χ4n) is 3.89. The zero-order chi connectivity index (χ0) is 27.9. The number of carbonyl (C=O) groups excluding carboxylic acids is 1. The smallest absolute Gasteiger partial charge is 0.261 e. The van der Waals surface area contributed by atoms with Crippen LogP contribution in [-0.2, 0) is 17.7 Å². The van der Waals surface area contributed by atoms with E-state index in [1.165, 1.54) is 38.0 Å². The minimum Gasteiger partial charge on any atom is -0.497 e. The van der Waals surface area contributed by atoms with Crippen molar-refractivity contribution in [3.05, 3.63) is 83.7 Å². The summed E-state index contributed by atoms with van der Waals surface area (Å²) in [5, 5.41) is 11.9. The van der Waals surface area contributed by atoms with Crippen molar-refractivity contribution < 1.29 is 27.1 Å². The molecule has 39 heavy (non-hydrogen) atoms. The standard InChI is InChI=1S/C26H22F2N6O4S/c1-38-19-5-2-16(3-6-19)12-18(27)9-11-34(39(36)37)22-7-4-17(13-29)24(23(22)28)33-26(35)20-8-10-31-21-14-30-15-32-25(20)21/h2-8,10,14-15,18H,9,11-12H2,1H3,(H,33,35)(H,36,37). The number of nitrogens with one attached hydrogen (secondary N) is 1. The van der Waals surface area contributed by atoms with Crippen LogP contribution in [0.5, 0.6) is 5.75 Å². The molecule has 2 atom stereocenters. The Morgan fingerprint density at radius 2 is 2.00 bits per heavy atom. The van der Waals surface area contributed by atoms with Gasteiger partial charge in [-0.05, 0) is 42.3 Å². The van der Waals surface area contributed by atoms with Gasteiger partial charge in [0.25, 0.3) is 17.2 Å². The highest BCUT2D eigenvalue weighted by molar-refractivity contribution is 7.80. The van der Waals surface area contributed by atoms with Crippen LogP contribution in [0.1, 0.15) is 27.9 Å². The second-order valence-electron chi connectivity index (χ2n) is 8.27. The van der Waals surface area contributed by atoms with E-state index >= 15 is 4.39 Å². The van der Waals surface area contributed by atoms with Crippen molar-refractivity contribution in [3.63, 3.8) is 0 Å². The predicted molar refractivity (Wildman–Crippen MR) is 141 cm³/mol. The Balaban J connectivity index is 1.56. The maximum absolute atomic E-state index is 15.7. The molecule has 2 heterocycles. The van der Waals surface area contributed by atoms with E-state index in [4.69, 9.17) is 4.74 Å². The number of benzene rings is 2. The zero-order valence-electron chi connectivity index (χ0n) is 20.5. The largest absolute Gasteiger partial charge is 0.497 e. The van der Waals surface area contributed by atoms with Crippen LogP contribution in [0.25, 0.3) is 11.0 Å². The average Bonchev–Trinajstić information content (AvgIpc) is 2.94. The summed E-state index contributed by atoms with van der Waals surface area (Å²) in [6.07, 6.45) is 2.44. The van der Waals surface area contributed by atoms with Crippen molar-refractivity contribution in [2.75, 3.05) is 23.3 Å². The molecule has 2 N–H and O–H groups in total. The SMILES string of the molecule is COc1ccc(CC(F)CCN(c2ccc(C#N)c(NC(=O)c3ccnc4cncnc34)c2F)S(=O)O)cc1. The van der Waals surface area contributed by atoms with Crippen molar-refractivity contribution >= 4 is 39.6 Å². The molecule has 1 amide bonds. The molecule has 0 radical (unpaired) electrons. The van der Waals surface area contributed by atoms with E-state index in [0.29, 0.717) is 16.8 Å². The summed E-state index contributed by atoms with van der Waals surface area (Å²) in [7, 11) is 1.52. The van der Waals surface area contributed by atoms with E-state index in [1.54, 1.807) is 30.3 Å². The minimum absolute atomic E-state index is 0.0382. The molecule has 4 rings (SSSR count). The molecule has 4 aromatic rings. The van der Waals surface area contributed by atoms with Crippen molar-refractivity contribution in [1.29, 1.82) is 5.26 Å². The normalized spacial score (nSPS) is 12.4. The first-order valence-corrected chi connectivity index (χ1v) is 12.6. The number of nitriles is 1. The van der Waals surface area contributed by atoms with Crippen molar-refractivity contribution in [3.8, 4) is 11.8 Å². The van der Waals surface area contributed by atoms with Crippen LogP contribution < -0.4 is 14.4 Å². The number of amides is 1. The van der Waals surface area contributed by atoms with Gasteiger partial charge in [-0.3, -0.25) is 18.6 Å². The zero-order valence-corrected chi connectivity index (χ0v) is 21.4. The maximum atomic E-state index is 15.7. The molecule has 0 aliphatic rings. The fraction of sp³-hybridized carbons (Fsp3) is 0.192. The second kappa shape index (κ2) is 12.3. The summed E-state index contributed by atoms with van der Waals surface area (Å²) in [5.74, 6) is -1.28. The van der Waals surface area contributed by atoms with E-state index < -0.39 is 34.8 Å². The minimum atomic E-state index is -2.73. The van der Waals surface area contributed by atoms with Gasteiger partial charge in [0.15, 0.2) is 5.82 Å². The molecule has 2 unspecified atom stereocenters. The first-order chi connectivity index (χ1) is 18.8. The number of ether oxygens (including phenoxy) is 1. The third kappa shape index (κ3) is 6.31. The lowest BCUT2D eigenvalue weighted by Crippen LogP contribution is -2.30. The molecule has 0 bridgehead atoms. The third-order valence-electron chi connectivity index (χ3n) is 5.85. The Bertz CT molecular complexity index is 1560. The molecule has 0 saturated heterocycles. The molecule has 13 heteroatoms. The Morgan fingerprint density at radius 1 is 1.23 bits per heavy atom. The van der Waals surface area contributed by atoms with E-state index in [-0.39, 0.29) is 41.7 Å². The average molecular weight is 553 g/mol. The number of fused-ring (bicyclic) bond motifs is 1. The van der Waals surface area contributed by atoms with Crippen LogP contribution >= 0.6 is 0 Å². The highest BCUT2D eigenvalue weighted by Crippen LogP contribution is 2.31. The number of hydrogen-bond donors (Lipinski definition) is 2. The van der Waals surface area contributed by atoms with E-state index in [1.807, 2.05) is 0 Å². The van der Waals surface area contributed by atoms with E-state index in [9.17, 15) is 23.2 Å². The third-order valence-corrected chi connectivity index (χ3v) is 6.60. The summed E-state index contributed by atoms with van der Waals surface area (Å²) in [4.78, 5) is 25.0. The van der Waals surface area contributed by atoms with Gasteiger partial charge in [-0.1, -0.05) is 12.1 Å². The molecule has 2 aromatic carbocycles. The van der Waals surface area contributed by atoms with Gasteiger partial charge in [0.05, 0.1) is 35.8 Å². The summed E-state index contributed by atoms with van der Waals surface area (Å²) in [5.41, 5.74) is 0.194. The van der Waals surface area contributed by atoms with Crippen LogP contribution in [0, 0.1) is 17.1 Å². The number of alkyl halides is 1. The molecule has 200 valence electrons. The lowest BCUT2D eigenvalue weighted by molar-refractivity contribution is 0.102. The van der Waals surface area contributed by atoms with Gasteiger partial charge in [0, 0.05) is 19.2 Å². The van der Waals surface area contributed by atoms with Gasteiger partial charge in [-0.2, -0.15) is 5.26 Å². The fourth-order valence-corrected chi connectivity index (χ4v) is 4.46. The number of pyridine rings is 1. The van der Waals surface area contributed by atoms with Crippen LogP contribution in [0.4, 0.5) is 20.2 Å². The molecular formula is C26H22F2N6O4S. The first kappa shape index (κ1) is 27.5. The molecule has 0 saturated carbocycles. The van der Waals surface area contributed by atoms with Gasteiger partial charge in [0.1, 0.15) is 35.4 Å². The molecule has 0 spiro atoms. The van der Waals surface area contributed by atoms with Crippen molar-refractivity contribution in [2.45, 2.75) is 19.0 Å². The van der Waals surface area contributed by atoms with Gasteiger partial charge in [0.2, 0.25) is 0 Å². The second-order valence-corrected chi connectivity index (χ2v) is 9.18. The summed E-state index contributed by atoms with van der Waals surface area (Å²) in [6.45, 7) is -0.317. The number of hydrogen-bond acceptors (Lipinski definition) is 7. The number of nitrogens with zero attached hydrogens (tertiary/aromatic N) is 5. The highest BCUT2D eigenvalue weighted by Gasteiger charge is 2.24. The van der Waals surface area contributed by atoms with Gasteiger partial charge in [-0.15, -0.1) is 0 Å². The number of methoxy groups -OCH3 is 1. The van der Waals surface area contributed by atoms with Crippen LogP contribution in [-0.4, -0.2) is 49.4 Å². The van der Waals surface area contributed by atoms with Crippen LogP contribution in [0.2, 0.25) is 0 Å². The van der Waals surface area contributed by atoms with Crippen LogP contribution in [0.15, 0.2) is 61.2 Å². The molecule has 0 fully saturated rings. The molecule has 10 nitrogen and oxygen atoms in total. The van der Waals surface area contributed by atoms with Crippen molar-refractivity contribution in [2.24, 2.45) is 0 Å². The maximum Gasteiger partial charge on any atom is 0.261 e. The molecular weight excluding hydrogens is 530 g/mol. The lowest BCUT2D eigenvalue weighted by Gasteiger charge is -2.23. The Hall–Kier alpha value is -4.54. The first-order valence-electron chi connectivity index (χ1n) is 11.6. The predicted octanol–water partition coefficient (Wildman–Crippen LogP) is 4.21. The number of carbonyl (C=O) groups is 1. The molecule has 2 aromatic heterocycles. The van der Waals surface area contributed by atoms with Crippen molar-refractivity contribution in [1.82, 2.24) is 15.0 Å². The summed E-state index contributed by atoms with van der Waals surface area (Å²) >= 11 is -2.73. The number of halogens is 2. The summed E-state index contributed by atoms with van der Waals surface area (Å²) < 4.78 is 58.2. The number of anilines is 2. The van der Waals surface area contributed by atoms with Gasteiger partial charge >= 0.3 is 0 Å². The molecule has 0 aliphatic heterocycles. The van der Waals surface area contributed by atoms with Gasteiger partial charge < -0.3 is 10.1 Å². The molecule has 0 aliphatic carbocycles. The van der Waals surface area contributed by atoms with Gasteiger partial charge in [-0.25, -0.2) is 23.0 Å². The topological polar surface area (TPSA) is 141 Å². The Morgan fingerprint density at radius 3 is 2.69 bits per heavy atom. The Labute approximate surface area is 224 Å².